The number of fused-ring (bicyclic) bond motifs is 1. The zero-order chi connectivity index (χ0) is 18.7. The fraction of sp³-hybridized carbons (Fsp3) is 0.300. The van der Waals surface area contributed by atoms with Gasteiger partial charge in [-0.2, -0.15) is 0 Å². The van der Waals surface area contributed by atoms with E-state index in [1.807, 2.05) is 19.9 Å². The van der Waals surface area contributed by atoms with E-state index < -0.39 is 18.0 Å². The molecule has 2 aromatic carbocycles. The van der Waals surface area contributed by atoms with E-state index in [-0.39, 0.29) is 0 Å². The zero-order valence-electron chi connectivity index (χ0n) is 15.0. The predicted molar refractivity (Wildman–Crippen MR) is 96.9 cm³/mol. The van der Waals surface area contributed by atoms with Crippen molar-refractivity contribution in [2.45, 2.75) is 26.9 Å². The minimum Gasteiger partial charge on any atom is -0.486 e. The van der Waals surface area contributed by atoms with Gasteiger partial charge in [0, 0.05) is 11.8 Å². The summed E-state index contributed by atoms with van der Waals surface area (Å²) in [5.74, 6) is 0.272. The number of carbonyl (C=O) groups excluding carboxylic acids is 2. The van der Waals surface area contributed by atoms with Gasteiger partial charge in [0.25, 0.3) is 5.91 Å². The third kappa shape index (κ3) is 3.96. The van der Waals surface area contributed by atoms with Gasteiger partial charge in [0.2, 0.25) is 0 Å². The second-order valence-electron chi connectivity index (χ2n) is 6.19. The third-order valence-electron chi connectivity index (χ3n) is 4.21. The lowest BCUT2D eigenvalue weighted by atomic mass is 10.1. The van der Waals surface area contributed by atoms with E-state index in [1.54, 1.807) is 30.3 Å². The van der Waals surface area contributed by atoms with Crippen LogP contribution in [0.15, 0.2) is 36.4 Å². The maximum Gasteiger partial charge on any atom is 0.338 e. The van der Waals surface area contributed by atoms with Crippen molar-refractivity contribution in [3.05, 3.63) is 53.1 Å². The second-order valence-corrected chi connectivity index (χ2v) is 6.19. The molecule has 0 fully saturated rings. The van der Waals surface area contributed by atoms with Crippen LogP contribution in [0.1, 0.15) is 28.4 Å². The fourth-order valence-electron chi connectivity index (χ4n) is 2.52. The summed E-state index contributed by atoms with van der Waals surface area (Å²) in [6.45, 7) is 6.39. The van der Waals surface area contributed by atoms with Gasteiger partial charge < -0.3 is 19.5 Å². The van der Waals surface area contributed by atoms with Crippen LogP contribution in [-0.2, 0) is 9.53 Å². The van der Waals surface area contributed by atoms with Crippen LogP contribution < -0.4 is 14.8 Å². The lowest BCUT2D eigenvalue weighted by molar-refractivity contribution is -0.123. The van der Waals surface area contributed by atoms with Crippen molar-refractivity contribution in [2.75, 3.05) is 18.5 Å². The number of esters is 1. The van der Waals surface area contributed by atoms with E-state index in [0.29, 0.717) is 36.0 Å². The van der Waals surface area contributed by atoms with Gasteiger partial charge in [-0.05, 0) is 56.2 Å². The lowest BCUT2D eigenvalue weighted by Crippen LogP contribution is -2.30. The summed E-state index contributed by atoms with van der Waals surface area (Å²) < 4.78 is 16.2. The highest BCUT2D eigenvalue weighted by atomic mass is 16.6. The van der Waals surface area contributed by atoms with Crippen molar-refractivity contribution in [3.63, 3.8) is 0 Å². The Kier molecular flexibility index (Phi) is 5.11. The first-order valence-corrected chi connectivity index (χ1v) is 8.43. The Hall–Kier alpha value is -3.02. The zero-order valence-corrected chi connectivity index (χ0v) is 15.0. The summed E-state index contributed by atoms with van der Waals surface area (Å²) in [4.78, 5) is 24.5. The number of carbonyl (C=O) groups is 2. The number of rotatable bonds is 4. The molecule has 1 aliphatic heterocycles. The van der Waals surface area contributed by atoms with Gasteiger partial charge in [-0.3, -0.25) is 4.79 Å². The van der Waals surface area contributed by atoms with Gasteiger partial charge in [0.05, 0.1) is 5.56 Å². The van der Waals surface area contributed by atoms with Gasteiger partial charge in [-0.1, -0.05) is 6.07 Å². The first-order chi connectivity index (χ1) is 12.4. The van der Waals surface area contributed by atoms with E-state index in [1.165, 1.54) is 6.92 Å². The molecule has 6 heteroatoms. The highest BCUT2D eigenvalue weighted by Crippen LogP contribution is 2.32. The van der Waals surface area contributed by atoms with Crippen LogP contribution in [0.4, 0.5) is 5.69 Å². The predicted octanol–water partition coefficient (Wildman–Crippen LogP) is 3.26. The minimum absolute atomic E-state index is 0.418. The molecule has 0 radical (unpaired) electrons. The summed E-state index contributed by atoms with van der Waals surface area (Å²) in [6.07, 6.45) is -0.933. The molecule has 2 aromatic rings. The monoisotopic (exact) mass is 355 g/mol. The Morgan fingerprint density at radius 3 is 2.46 bits per heavy atom. The normalized spacial score (nSPS) is 13.7. The van der Waals surface area contributed by atoms with Crippen molar-refractivity contribution >= 4 is 17.6 Å². The average Bonchev–Trinajstić information content (AvgIpc) is 2.63. The minimum atomic E-state index is -0.933. The lowest BCUT2D eigenvalue weighted by Gasteiger charge is -2.19. The summed E-state index contributed by atoms with van der Waals surface area (Å²) in [7, 11) is 0. The first-order valence-electron chi connectivity index (χ1n) is 8.43. The van der Waals surface area contributed by atoms with E-state index in [4.69, 9.17) is 14.2 Å². The molecule has 0 aliphatic carbocycles. The number of amides is 1. The molecule has 6 nitrogen and oxygen atoms in total. The Morgan fingerprint density at radius 1 is 1.00 bits per heavy atom. The fourth-order valence-corrected chi connectivity index (χ4v) is 2.52. The van der Waals surface area contributed by atoms with Crippen LogP contribution in [0.3, 0.4) is 0 Å². The van der Waals surface area contributed by atoms with Gasteiger partial charge in [-0.15, -0.1) is 0 Å². The van der Waals surface area contributed by atoms with Crippen molar-refractivity contribution in [3.8, 4) is 11.5 Å². The van der Waals surface area contributed by atoms with Crippen molar-refractivity contribution in [1.29, 1.82) is 0 Å². The standard InChI is InChI=1S/C20H21NO5/c1-12-4-5-15(10-13(12)2)20(23)26-14(3)19(22)21-16-6-7-17-18(11-16)25-9-8-24-17/h4-7,10-11,14H,8-9H2,1-3H3,(H,21,22). The van der Waals surface area contributed by atoms with Crippen LogP contribution in [0.5, 0.6) is 11.5 Å². The number of benzene rings is 2. The van der Waals surface area contributed by atoms with Gasteiger partial charge in [0.15, 0.2) is 17.6 Å². The number of hydrogen-bond donors (Lipinski definition) is 1. The summed E-state index contributed by atoms with van der Waals surface area (Å²) >= 11 is 0. The van der Waals surface area contributed by atoms with E-state index >= 15 is 0 Å². The van der Waals surface area contributed by atoms with Crippen LogP contribution in [0, 0.1) is 13.8 Å². The van der Waals surface area contributed by atoms with E-state index in [2.05, 4.69) is 5.32 Å². The van der Waals surface area contributed by atoms with Crippen LogP contribution in [0.2, 0.25) is 0 Å². The third-order valence-corrected chi connectivity index (χ3v) is 4.21. The topological polar surface area (TPSA) is 73.9 Å². The number of ether oxygens (including phenoxy) is 3. The quantitative estimate of drug-likeness (QED) is 0.852. The molecule has 0 saturated heterocycles. The average molecular weight is 355 g/mol. The molecule has 1 heterocycles. The second kappa shape index (κ2) is 7.47. The molecule has 3 rings (SSSR count). The number of hydrogen-bond acceptors (Lipinski definition) is 5. The maximum atomic E-state index is 12.3. The molecule has 136 valence electrons. The molecule has 0 bridgehead atoms. The molecular weight excluding hydrogens is 334 g/mol. The van der Waals surface area contributed by atoms with Gasteiger partial charge in [0.1, 0.15) is 13.2 Å². The highest BCUT2D eigenvalue weighted by molar-refractivity contribution is 5.97. The number of nitrogens with one attached hydrogen (secondary N) is 1. The maximum absolute atomic E-state index is 12.3. The van der Waals surface area contributed by atoms with Crippen LogP contribution >= 0.6 is 0 Å². The first kappa shape index (κ1) is 17.8. The summed E-state index contributed by atoms with van der Waals surface area (Å²) in [6, 6.07) is 10.4. The summed E-state index contributed by atoms with van der Waals surface area (Å²) in [5.41, 5.74) is 3.05. The van der Waals surface area contributed by atoms with Gasteiger partial charge in [-0.25, -0.2) is 4.79 Å². The van der Waals surface area contributed by atoms with Crippen LogP contribution in [-0.4, -0.2) is 31.2 Å². The Balaban J connectivity index is 1.62. The molecule has 0 spiro atoms. The molecule has 1 unspecified atom stereocenters. The smallest absolute Gasteiger partial charge is 0.338 e. The van der Waals surface area contributed by atoms with Crippen molar-refractivity contribution in [1.82, 2.24) is 0 Å². The molecule has 0 saturated carbocycles. The number of aryl methyl sites for hydroxylation is 2. The molecule has 1 aliphatic rings. The molecule has 26 heavy (non-hydrogen) atoms. The number of anilines is 1. The van der Waals surface area contributed by atoms with E-state index in [0.717, 1.165) is 11.1 Å². The SMILES string of the molecule is Cc1ccc(C(=O)OC(C)C(=O)Nc2ccc3c(c2)OCCO3)cc1C. The van der Waals surface area contributed by atoms with Crippen LogP contribution in [0.25, 0.3) is 0 Å². The Bertz CT molecular complexity index is 846. The molecule has 1 N–H and O–H groups in total. The van der Waals surface area contributed by atoms with Crippen molar-refractivity contribution < 1.29 is 23.8 Å². The van der Waals surface area contributed by atoms with Gasteiger partial charge >= 0.3 is 5.97 Å². The molecule has 1 atom stereocenters. The van der Waals surface area contributed by atoms with E-state index in [9.17, 15) is 9.59 Å². The molecular formula is C20H21NO5. The van der Waals surface area contributed by atoms with Crippen molar-refractivity contribution in [2.24, 2.45) is 0 Å². The Morgan fingerprint density at radius 2 is 1.73 bits per heavy atom. The molecule has 1 amide bonds. The summed E-state index contributed by atoms with van der Waals surface area (Å²) in [5, 5.41) is 2.72. The largest absolute Gasteiger partial charge is 0.486 e. The molecule has 0 aromatic heterocycles. The Labute approximate surface area is 152 Å². The highest BCUT2D eigenvalue weighted by Gasteiger charge is 2.20.